The summed E-state index contributed by atoms with van der Waals surface area (Å²) in [6.07, 6.45) is 3.44. The molecule has 0 bridgehead atoms. The number of nitrogens with two attached hydrogens (primary N) is 2. The number of aromatic nitrogens is 2. The van der Waals surface area contributed by atoms with E-state index in [1.54, 1.807) is 48.4 Å². The molecule has 0 saturated carbocycles. The highest BCUT2D eigenvalue weighted by atomic mass is 16.5. The van der Waals surface area contributed by atoms with Crippen molar-refractivity contribution >= 4 is 5.97 Å². The molecule has 0 aliphatic carbocycles. The monoisotopic (exact) mass is 313 g/mol. The number of hydrogen-bond donors (Lipinski definition) is 4. The Balaban J connectivity index is 2.22. The zero-order valence-electron chi connectivity index (χ0n) is 12.3. The summed E-state index contributed by atoms with van der Waals surface area (Å²) in [6, 6.07) is 6.77. The largest absolute Gasteiger partial charge is 0.476 e. The average Bonchev–Trinajstić information content (AvgIpc) is 2.96. The first kappa shape index (κ1) is 15.9. The van der Waals surface area contributed by atoms with Gasteiger partial charge in [0, 0.05) is 18.8 Å². The van der Waals surface area contributed by atoms with Gasteiger partial charge in [-0.1, -0.05) is 17.9 Å². The van der Waals surface area contributed by atoms with Gasteiger partial charge in [0.15, 0.2) is 5.70 Å². The summed E-state index contributed by atoms with van der Waals surface area (Å²) in [4.78, 5) is 10.8. The lowest BCUT2D eigenvalue weighted by Gasteiger charge is -2.10. The van der Waals surface area contributed by atoms with E-state index in [0.717, 1.165) is 5.56 Å². The van der Waals surface area contributed by atoms with Crippen molar-refractivity contribution in [2.75, 3.05) is 0 Å². The Labute approximate surface area is 132 Å². The van der Waals surface area contributed by atoms with Crippen LogP contribution in [0.1, 0.15) is 11.1 Å². The molecule has 0 aliphatic heterocycles. The fourth-order valence-corrected chi connectivity index (χ4v) is 1.64. The van der Waals surface area contributed by atoms with Crippen LogP contribution in [-0.2, 0) is 11.8 Å². The molecule has 1 heterocycles. The van der Waals surface area contributed by atoms with E-state index in [9.17, 15) is 4.79 Å². The van der Waals surface area contributed by atoms with Crippen LogP contribution in [0.5, 0.6) is 5.75 Å². The van der Waals surface area contributed by atoms with Gasteiger partial charge in [-0.25, -0.2) is 10.6 Å². The van der Waals surface area contributed by atoms with E-state index in [-0.39, 0.29) is 5.88 Å². The van der Waals surface area contributed by atoms with Crippen molar-refractivity contribution in [3.8, 4) is 17.6 Å². The molecule has 118 valence electrons. The second-order valence-electron chi connectivity index (χ2n) is 4.47. The van der Waals surface area contributed by atoms with Gasteiger partial charge in [0.2, 0.25) is 5.88 Å². The fourth-order valence-electron chi connectivity index (χ4n) is 1.64. The van der Waals surface area contributed by atoms with E-state index in [1.807, 2.05) is 0 Å². The van der Waals surface area contributed by atoms with E-state index in [1.165, 1.54) is 0 Å². The number of benzene rings is 1. The molecule has 0 amide bonds. The predicted molar refractivity (Wildman–Crippen MR) is 82.4 cm³/mol. The third-order valence-electron chi connectivity index (χ3n) is 2.72. The molecule has 0 atom stereocenters. The van der Waals surface area contributed by atoms with Crippen molar-refractivity contribution in [3.05, 3.63) is 59.4 Å². The van der Waals surface area contributed by atoms with Crippen LogP contribution in [-0.4, -0.2) is 20.9 Å². The van der Waals surface area contributed by atoms with Crippen LogP contribution >= 0.6 is 0 Å². The summed E-state index contributed by atoms with van der Waals surface area (Å²) >= 11 is 0. The topological polar surface area (TPSA) is 128 Å². The van der Waals surface area contributed by atoms with Gasteiger partial charge in [0.1, 0.15) is 5.75 Å². The molecule has 8 nitrogen and oxygen atoms in total. The molecule has 2 rings (SSSR count). The van der Waals surface area contributed by atoms with Gasteiger partial charge in [-0.2, -0.15) is 5.10 Å². The molecule has 1 aromatic heterocycles. The Hall–Kier alpha value is -3.44. The Bertz CT molecular complexity index is 814. The van der Waals surface area contributed by atoms with Crippen molar-refractivity contribution in [2.24, 2.45) is 18.6 Å². The number of aliphatic carboxylic acids is 1. The molecule has 1 aromatic carbocycles. The summed E-state index contributed by atoms with van der Waals surface area (Å²) in [5.74, 6) is 9.89. The van der Waals surface area contributed by atoms with Crippen molar-refractivity contribution < 1.29 is 14.6 Å². The molecule has 6 N–H and O–H groups in total. The van der Waals surface area contributed by atoms with Gasteiger partial charge in [-0.05, 0) is 18.2 Å². The Morgan fingerprint density at radius 3 is 2.74 bits per heavy atom. The molecule has 0 fully saturated rings. The quantitative estimate of drug-likeness (QED) is 0.203. The number of carboxylic acids is 1. The van der Waals surface area contributed by atoms with Gasteiger partial charge >= 0.3 is 5.97 Å². The highest BCUT2D eigenvalue weighted by Crippen LogP contribution is 2.15. The minimum absolute atomic E-state index is 0.255. The molecule has 2 aromatic rings. The van der Waals surface area contributed by atoms with Crippen LogP contribution < -0.4 is 21.7 Å². The number of carbonyl (C=O) groups is 1. The van der Waals surface area contributed by atoms with Gasteiger partial charge < -0.3 is 15.6 Å². The van der Waals surface area contributed by atoms with Crippen molar-refractivity contribution in [3.63, 3.8) is 0 Å². The molecular weight excluding hydrogens is 298 g/mol. The van der Waals surface area contributed by atoms with E-state index in [0.29, 0.717) is 11.3 Å². The summed E-state index contributed by atoms with van der Waals surface area (Å²) < 4.78 is 6.99. The lowest BCUT2D eigenvalue weighted by Crippen LogP contribution is -2.31. The first-order chi connectivity index (χ1) is 11.0. The lowest BCUT2D eigenvalue weighted by atomic mass is 10.2. The normalized spacial score (nSPS) is 11.0. The second-order valence-corrected chi connectivity index (χ2v) is 4.47. The Morgan fingerprint density at radius 1 is 1.39 bits per heavy atom. The van der Waals surface area contributed by atoms with Crippen LogP contribution in [0.4, 0.5) is 0 Å². The zero-order chi connectivity index (χ0) is 16.8. The summed E-state index contributed by atoms with van der Waals surface area (Å²) in [5.41, 5.74) is 8.41. The first-order valence-corrected chi connectivity index (χ1v) is 6.48. The SMILES string of the molecule is Cn1cc(C#Cc2cccc(O/C(NN)=C(/N)C(=O)O)c2)cn1. The van der Waals surface area contributed by atoms with Gasteiger partial charge in [-0.3, -0.25) is 10.1 Å². The molecule has 0 aliphatic rings. The van der Waals surface area contributed by atoms with Crippen LogP contribution in [0, 0.1) is 11.8 Å². The Kier molecular flexibility index (Phi) is 4.86. The maximum atomic E-state index is 10.8. The molecule has 8 heteroatoms. The van der Waals surface area contributed by atoms with Crippen LogP contribution in [0.25, 0.3) is 0 Å². The number of ether oxygens (including phenoxy) is 1. The maximum absolute atomic E-state index is 10.8. The van der Waals surface area contributed by atoms with Crippen molar-refractivity contribution in [1.82, 2.24) is 15.2 Å². The lowest BCUT2D eigenvalue weighted by molar-refractivity contribution is -0.132. The number of carboxylic acid groups (broad SMARTS) is 1. The summed E-state index contributed by atoms with van der Waals surface area (Å²) in [7, 11) is 1.81. The smallest absolute Gasteiger partial charge is 0.357 e. The first-order valence-electron chi connectivity index (χ1n) is 6.48. The molecule has 23 heavy (non-hydrogen) atoms. The number of nitrogens with zero attached hydrogens (tertiary/aromatic N) is 2. The predicted octanol–water partition coefficient (Wildman–Crippen LogP) is -0.126. The summed E-state index contributed by atoms with van der Waals surface area (Å²) in [6.45, 7) is 0. The van der Waals surface area contributed by atoms with Crippen molar-refractivity contribution in [2.45, 2.75) is 0 Å². The molecule has 0 radical (unpaired) electrons. The minimum Gasteiger partial charge on any atom is -0.476 e. The molecule has 0 unspecified atom stereocenters. The van der Waals surface area contributed by atoms with E-state index in [2.05, 4.69) is 22.4 Å². The highest BCUT2D eigenvalue weighted by Gasteiger charge is 2.12. The number of hydrogen-bond acceptors (Lipinski definition) is 6. The van der Waals surface area contributed by atoms with Crippen LogP contribution in [0.2, 0.25) is 0 Å². The summed E-state index contributed by atoms with van der Waals surface area (Å²) in [5, 5.41) is 12.9. The average molecular weight is 313 g/mol. The fraction of sp³-hybridized carbons (Fsp3) is 0.0667. The highest BCUT2D eigenvalue weighted by molar-refractivity contribution is 5.85. The third kappa shape index (κ3) is 4.26. The van der Waals surface area contributed by atoms with Crippen LogP contribution in [0.3, 0.4) is 0 Å². The number of nitrogens with one attached hydrogen (secondary N) is 1. The zero-order valence-corrected chi connectivity index (χ0v) is 12.3. The third-order valence-corrected chi connectivity index (χ3v) is 2.72. The van der Waals surface area contributed by atoms with E-state index in [4.69, 9.17) is 21.4 Å². The van der Waals surface area contributed by atoms with Gasteiger partial charge in [0.25, 0.3) is 0 Å². The number of hydrazine groups is 1. The van der Waals surface area contributed by atoms with Crippen molar-refractivity contribution in [1.29, 1.82) is 0 Å². The van der Waals surface area contributed by atoms with E-state index < -0.39 is 11.7 Å². The standard InChI is InChI=1S/C15H15N5O3/c1-20-9-11(8-18-20)6-5-10-3-2-4-12(7-10)23-14(19-17)13(16)15(21)22/h2-4,7-9,19H,16-17H2,1H3,(H,21,22)/b14-13+. The second kappa shape index (κ2) is 7.02. The molecular formula is C15H15N5O3. The molecule has 0 saturated heterocycles. The van der Waals surface area contributed by atoms with Crippen LogP contribution in [0.15, 0.2) is 48.2 Å². The number of aryl methyl sites for hydroxylation is 1. The van der Waals surface area contributed by atoms with E-state index >= 15 is 0 Å². The maximum Gasteiger partial charge on any atom is 0.357 e. The molecule has 0 spiro atoms. The Morgan fingerprint density at radius 2 is 2.13 bits per heavy atom. The van der Waals surface area contributed by atoms with Gasteiger partial charge in [-0.15, -0.1) is 0 Å². The number of rotatable bonds is 4. The van der Waals surface area contributed by atoms with Gasteiger partial charge in [0.05, 0.1) is 11.8 Å². The minimum atomic E-state index is -1.34.